The standard InChI is InChI=1S/C21H31FN6.HI/c1-15-10-11-17(14-18(15)22)16(2)25-21(23-3)24-12-7-9-20-27-26-19-8-5-4-6-13-28(19)20;/h10-11,14,16H,4-9,12-13H2,1-3H3,(H2,23,24,25);1H. The summed E-state index contributed by atoms with van der Waals surface area (Å²) >= 11 is 0. The third-order valence-electron chi connectivity index (χ3n) is 5.33. The lowest BCUT2D eigenvalue weighted by atomic mass is 10.1. The SMILES string of the molecule is CN=C(NCCCc1nnc2n1CCCCC2)NC(C)c1ccc(C)c(F)c1.I. The van der Waals surface area contributed by atoms with Gasteiger partial charge in [0.2, 0.25) is 0 Å². The molecule has 1 aromatic carbocycles. The molecule has 1 unspecified atom stereocenters. The highest BCUT2D eigenvalue weighted by Crippen LogP contribution is 2.17. The summed E-state index contributed by atoms with van der Waals surface area (Å²) in [6.45, 7) is 5.60. The van der Waals surface area contributed by atoms with Crippen LogP contribution in [0.3, 0.4) is 0 Å². The molecule has 1 aromatic heterocycles. The minimum Gasteiger partial charge on any atom is -0.356 e. The Balaban J connectivity index is 0.00000300. The van der Waals surface area contributed by atoms with E-state index in [9.17, 15) is 4.39 Å². The van der Waals surface area contributed by atoms with Gasteiger partial charge >= 0.3 is 0 Å². The number of aryl methyl sites for hydroxylation is 3. The summed E-state index contributed by atoms with van der Waals surface area (Å²) in [6, 6.07) is 5.30. The minimum atomic E-state index is -0.179. The van der Waals surface area contributed by atoms with Gasteiger partial charge in [-0.05, 0) is 50.3 Å². The lowest BCUT2D eigenvalue weighted by molar-refractivity contribution is 0.591. The molecule has 8 heteroatoms. The first-order valence-corrected chi connectivity index (χ1v) is 10.2. The molecule has 0 saturated carbocycles. The summed E-state index contributed by atoms with van der Waals surface area (Å²) in [5.74, 6) is 2.76. The number of aliphatic imine (C=N–C) groups is 1. The second-order valence-corrected chi connectivity index (χ2v) is 7.47. The van der Waals surface area contributed by atoms with E-state index in [0.717, 1.165) is 49.6 Å². The number of aromatic nitrogens is 3. The first-order chi connectivity index (χ1) is 13.6. The smallest absolute Gasteiger partial charge is 0.191 e. The van der Waals surface area contributed by atoms with E-state index in [2.05, 4.69) is 30.4 Å². The van der Waals surface area contributed by atoms with Crippen molar-refractivity contribution in [2.45, 2.75) is 65.0 Å². The maximum atomic E-state index is 13.8. The molecule has 1 aliphatic rings. The molecular weight excluding hydrogens is 482 g/mol. The van der Waals surface area contributed by atoms with Crippen LogP contribution in [-0.4, -0.2) is 34.3 Å². The van der Waals surface area contributed by atoms with Gasteiger partial charge in [-0.25, -0.2) is 4.39 Å². The number of fused-ring (bicyclic) bond motifs is 1. The van der Waals surface area contributed by atoms with Gasteiger partial charge in [-0.15, -0.1) is 34.2 Å². The molecule has 0 aliphatic carbocycles. The van der Waals surface area contributed by atoms with E-state index in [1.54, 1.807) is 26.1 Å². The van der Waals surface area contributed by atoms with E-state index in [0.29, 0.717) is 11.5 Å². The van der Waals surface area contributed by atoms with Gasteiger partial charge in [-0.1, -0.05) is 18.6 Å². The van der Waals surface area contributed by atoms with Gasteiger partial charge in [-0.3, -0.25) is 4.99 Å². The van der Waals surface area contributed by atoms with Gasteiger partial charge in [0.05, 0.1) is 6.04 Å². The third-order valence-corrected chi connectivity index (χ3v) is 5.33. The summed E-state index contributed by atoms with van der Waals surface area (Å²) in [6.07, 6.45) is 6.59. The van der Waals surface area contributed by atoms with E-state index in [-0.39, 0.29) is 35.8 Å². The van der Waals surface area contributed by atoms with Gasteiger partial charge in [0, 0.05) is 33.0 Å². The molecular formula is C21H32FIN6. The third kappa shape index (κ3) is 6.38. The number of rotatable bonds is 6. The van der Waals surface area contributed by atoms with Crippen LogP contribution in [0.15, 0.2) is 23.2 Å². The van der Waals surface area contributed by atoms with Crippen LogP contribution < -0.4 is 10.6 Å². The number of guanidine groups is 1. The molecule has 0 amide bonds. The Hall–Kier alpha value is -1.71. The number of benzene rings is 1. The van der Waals surface area contributed by atoms with E-state index >= 15 is 0 Å². The maximum Gasteiger partial charge on any atom is 0.191 e. The highest BCUT2D eigenvalue weighted by molar-refractivity contribution is 14.0. The van der Waals surface area contributed by atoms with Crippen molar-refractivity contribution in [3.63, 3.8) is 0 Å². The van der Waals surface area contributed by atoms with Crippen molar-refractivity contribution < 1.29 is 4.39 Å². The summed E-state index contributed by atoms with van der Waals surface area (Å²) in [4.78, 5) is 4.28. The monoisotopic (exact) mass is 514 g/mol. The van der Waals surface area contributed by atoms with Gasteiger partial charge in [0.25, 0.3) is 0 Å². The summed E-state index contributed by atoms with van der Waals surface area (Å²) in [5.41, 5.74) is 1.56. The summed E-state index contributed by atoms with van der Waals surface area (Å²) in [5, 5.41) is 15.4. The average molecular weight is 514 g/mol. The number of hydrogen-bond donors (Lipinski definition) is 2. The van der Waals surface area contributed by atoms with Crippen molar-refractivity contribution in [2.24, 2.45) is 4.99 Å². The Morgan fingerprint density at radius 3 is 2.86 bits per heavy atom. The Labute approximate surface area is 189 Å². The zero-order valence-electron chi connectivity index (χ0n) is 17.5. The molecule has 2 heterocycles. The molecule has 3 rings (SSSR count). The van der Waals surface area contributed by atoms with Crippen LogP contribution in [0, 0.1) is 12.7 Å². The Morgan fingerprint density at radius 1 is 1.28 bits per heavy atom. The van der Waals surface area contributed by atoms with E-state index in [1.165, 1.54) is 19.3 Å². The molecule has 0 saturated heterocycles. The molecule has 0 spiro atoms. The number of halogens is 2. The predicted molar refractivity (Wildman–Crippen MR) is 125 cm³/mol. The predicted octanol–water partition coefficient (Wildman–Crippen LogP) is 3.93. The van der Waals surface area contributed by atoms with Crippen LogP contribution in [0.4, 0.5) is 4.39 Å². The van der Waals surface area contributed by atoms with E-state index < -0.39 is 0 Å². The molecule has 0 radical (unpaired) electrons. The van der Waals surface area contributed by atoms with Crippen molar-refractivity contribution >= 4 is 29.9 Å². The maximum absolute atomic E-state index is 13.8. The topological polar surface area (TPSA) is 67.1 Å². The van der Waals surface area contributed by atoms with Crippen LogP contribution in [0.2, 0.25) is 0 Å². The molecule has 0 bridgehead atoms. The van der Waals surface area contributed by atoms with Crippen molar-refractivity contribution in [1.29, 1.82) is 0 Å². The first kappa shape index (κ1) is 23.6. The Morgan fingerprint density at radius 2 is 2.10 bits per heavy atom. The molecule has 2 N–H and O–H groups in total. The minimum absolute atomic E-state index is 0. The van der Waals surface area contributed by atoms with Crippen molar-refractivity contribution in [3.8, 4) is 0 Å². The van der Waals surface area contributed by atoms with Gasteiger partial charge in [-0.2, -0.15) is 0 Å². The quantitative estimate of drug-likeness (QED) is 0.266. The van der Waals surface area contributed by atoms with Crippen LogP contribution in [0.1, 0.15) is 61.4 Å². The van der Waals surface area contributed by atoms with Crippen LogP contribution in [-0.2, 0) is 19.4 Å². The normalized spacial score (nSPS) is 15.1. The zero-order valence-corrected chi connectivity index (χ0v) is 19.9. The van der Waals surface area contributed by atoms with Crippen LogP contribution in [0.5, 0.6) is 0 Å². The fourth-order valence-electron chi connectivity index (χ4n) is 3.54. The number of nitrogens with zero attached hydrogens (tertiary/aromatic N) is 4. The highest BCUT2D eigenvalue weighted by atomic mass is 127. The van der Waals surface area contributed by atoms with Crippen molar-refractivity contribution in [1.82, 2.24) is 25.4 Å². The van der Waals surface area contributed by atoms with Crippen LogP contribution in [0.25, 0.3) is 0 Å². The second-order valence-electron chi connectivity index (χ2n) is 7.47. The molecule has 6 nitrogen and oxygen atoms in total. The van der Waals surface area contributed by atoms with E-state index in [1.807, 2.05) is 13.0 Å². The van der Waals surface area contributed by atoms with Gasteiger partial charge in [0.15, 0.2) is 5.96 Å². The van der Waals surface area contributed by atoms with Gasteiger partial charge < -0.3 is 15.2 Å². The highest BCUT2D eigenvalue weighted by Gasteiger charge is 2.14. The van der Waals surface area contributed by atoms with E-state index in [4.69, 9.17) is 0 Å². The van der Waals surface area contributed by atoms with Crippen LogP contribution >= 0.6 is 24.0 Å². The molecule has 2 aromatic rings. The molecule has 1 atom stereocenters. The van der Waals surface area contributed by atoms with Crippen molar-refractivity contribution in [2.75, 3.05) is 13.6 Å². The van der Waals surface area contributed by atoms with Gasteiger partial charge in [0.1, 0.15) is 17.5 Å². The Kier molecular flexibility index (Phi) is 9.32. The lowest BCUT2D eigenvalue weighted by Gasteiger charge is -2.18. The summed E-state index contributed by atoms with van der Waals surface area (Å²) in [7, 11) is 1.75. The fraction of sp³-hybridized carbons (Fsp3) is 0.571. The lowest BCUT2D eigenvalue weighted by Crippen LogP contribution is -2.39. The average Bonchev–Trinajstić information content (AvgIpc) is 2.92. The molecule has 1 aliphatic heterocycles. The molecule has 29 heavy (non-hydrogen) atoms. The first-order valence-electron chi connectivity index (χ1n) is 10.2. The zero-order chi connectivity index (χ0) is 19.9. The largest absolute Gasteiger partial charge is 0.356 e. The molecule has 160 valence electrons. The Bertz CT molecular complexity index is 819. The number of hydrogen-bond acceptors (Lipinski definition) is 3. The summed E-state index contributed by atoms with van der Waals surface area (Å²) < 4.78 is 16.1. The van der Waals surface area contributed by atoms with Crippen molar-refractivity contribution in [3.05, 3.63) is 46.8 Å². The molecule has 0 fully saturated rings. The fourth-order valence-corrected chi connectivity index (χ4v) is 3.54. The second kappa shape index (κ2) is 11.5. The number of nitrogens with one attached hydrogen (secondary N) is 2.